The van der Waals surface area contributed by atoms with Gasteiger partial charge in [0.05, 0.1) is 0 Å². The van der Waals surface area contributed by atoms with E-state index >= 15 is 0 Å². The summed E-state index contributed by atoms with van der Waals surface area (Å²) in [5, 5.41) is 16.4. The van der Waals surface area contributed by atoms with Gasteiger partial charge < -0.3 is 10.4 Å². The van der Waals surface area contributed by atoms with Crippen molar-refractivity contribution >= 4 is 10.8 Å². The minimum atomic E-state index is 0.373. The average Bonchev–Trinajstić information content (AvgIpc) is 3.36. The van der Waals surface area contributed by atoms with Gasteiger partial charge in [0, 0.05) is 37.8 Å². The lowest BCUT2D eigenvalue weighted by molar-refractivity contribution is 0.155. The van der Waals surface area contributed by atoms with Crippen LogP contribution >= 0.6 is 0 Å². The Labute approximate surface area is 125 Å². The summed E-state index contributed by atoms with van der Waals surface area (Å²) in [7, 11) is 0. The zero-order valence-electron chi connectivity index (χ0n) is 12.3. The van der Waals surface area contributed by atoms with E-state index < -0.39 is 0 Å². The van der Waals surface area contributed by atoms with E-state index in [2.05, 4.69) is 34.5 Å². The number of nitrogens with zero attached hydrogens (tertiary/aromatic N) is 1. The van der Waals surface area contributed by atoms with Crippen molar-refractivity contribution in [1.82, 2.24) is 10.2 Å². The summed E-state index contributed by atoms with van der Waals surface area (Å²) in [6, 6.07) is 12.7. The van der Waals surface area contributed by atoms with Gasteiger partial charge in [0.1, 0.15) is 5.75 Å². The van der Waals surface area contributed by atoms with Crippen molar-refractivity contribution in [3.05, 3.63) is 42.0 Å². The summed E-state index contributed by atoms with van der Waals surface area (Å²) in [6.45, 7) is 4.25. The molecule has 2 aromatic rings. The van der Waals surface area contributed by atoms with Gasteiger partial charge in [-0.05, 0) is 35.6 Å². The maximum atomic E-state index is 10.5. The van der Waals surface area contributed by atoms with Crippen molar-refractivity contribution in [3.8, 4) is 5.75 Å². The van der Waals surface area contributed by atoms with Gasteiger partial charge in [0.2, 0.25) is 0 Å². The van der Waals surface area contributed by atoms with Gasteiger partial charge in [-0.25, -0.2) is 0 Å². The quantitative estimate of drug-likeness (QED) is 0.908. The Morgan fingerprint density at radius 3 is 2.57 bits per heavy atom. The normalized spacial score (nSPS) is 21.5. The molecule has 4 rings (SSSR count). The molecule has 0 unspecified atom stereocenters. The van der Waals surface area contributed by atoms with Gasteiger partial charge in [0.25, 0.3) is 0 Å². The molecule has 1 aliphatic heterocycles. The smallest absolute Gasteiger partial charge is 0.121 e. The molecule has 2 N–H and O–H groups in total. The van der Waals surface area contributed by atoms with Gasteiger partial charge in [0.15, 0.2) is 0 Å². The van der Waals surface area contributed by atoms with Crippen LogP contribution in [0.3, 0.4) is 0 Å². The molecule has 0 spiro atoms. The minimum Gasteiger partial charge on any atom is -0.508 e. The highest BCUT2D eigenvalue weighted by molar-refractivity contribution is 5.88. The van der Waals surface area contributed by atoms with E-state index in [0.29, 0.717) is 17.7 Å². The van der Waals surface area contributed by atoms with Crippen LogP contribution in [0.5, 0.6) is 5.75 Å². The summed E-state index contributed by atoms with van der Waals surface area (Å²) in [5.74, 6) is 1.17. The number of benzene rings is 2. The molecule has 3 nitrogen and oxygen atoms in total. The molecule has 2 fully saturated rings. The standard InChI is InChI=1S/C18H22N2O/c21-16-8-7-13-3-1-2-4-15(13)17(16)18(14-5-6-14)20-11-9-19-10-12-20/h1-4,7-8,14,18-19,21H,5-6,9-12H2/t18-/m0/s1. The van der Waals surface area contributed by atoms with Gasteiger partial charge in [-0.1, -0.05) is 30.3 Å². The minimum absolute atomic E-state index is 0.373. The second-order valence-electron chi connectivity index (χ2n) is 6.29. The predicted octanol–water partition coefficient (Wildman–Crippen LogP) is 2.90. The Morgan fingerprint density at radius 2 is 1.81 bits per heavy atom. The second-order valence-corrected chi connectivity index (χ2v) is 6.29. The Kier molecular flexibility index (Phi) is 3.32. The summed E-state index contributed by atoms with van der Waals surface area (Å²) < 4.78 is 0. The third kappa shape index (κ3) is 2.41. The number of aromatic hydroxyl groups is 1. The van der Waals surface area contributed by atoms with Crippen molar-refractivity contribution in [1.29, 1.82) is 0 Å². The molecule has 0 amide bonds. The molecule has 1 aliphatic carbocycles. The molecule has 2 aromatic carbocycles. The molecular formula is C18H22N2O. The number of rotatable bonds is 3. The molecule has 0 radical (unpaired) electrons. The Balaban J connectivity index is 1.83. The number of phenolic OH excluding ortho intramolecular Hbond substituents is 1. The van der Waals surface area contributed by atoms with Crippen molar-refractivity contribution in [3.63, 3.8) is 0 Å². The van der Waals surface area contributed by atoms with Crippen molar-refractivity contribution < 1.29 is 5.11 Å². The van der Waals surface area contributed by atoms with Crippen LogP contribution in [-0.4, -0.2) is 36.2 Å². The second kappa shape index (κ2) is 5.32. The molecule has 1 saturated carbocycles. The van der Waals surface area contributed by atoms with Gasteiger partial charge in [-0.3, -0.25) is 4.90 Å². The first-order valence-electron chi connectivity index (χ1n) is 8.00. The largest absolute Gasteiger partial charge is 0.508 e. The predicted molar refractivity (Wildman–Crippen MR) is 85.5 cm³/mol. The van der Waals surface area contributed by atoms with Gasteiger partial charge in [-0.2, -0.15) is 0 Å². The zero-order valence-corrected chi connectivity index (χ0v) is 12.3. The topological polar surface area (TPSA) is 35.5 Å². The van der Waals surface area contributed by atoms with Crippen LogP contribution in [0, 0.1) is 5.92 Å². The third-order valence-corrected chi connectivity index (χ3v) is 4.86. The fourth-order valence-electron chi connectivity index (χ4n) is 3.68. The number of fused-ring (bicyclic) bond motifs is 1. The first kappa shape index (κ1) is 13.1. The van der Waals surface area contributed by atoms with Crippen molar-refractivity contribution in [2.24, 2.45) is 5.92 Å². The molecule has 1 atom stereocenters. The van der Waals surface area contributed by atoms with Crippen molar-refractivity contribution in [2.45, 2.75) is 18.9 Å². The zero-order chi connectivity index (χ0) is 14.2. The molecule has 0 bridgehead atoms. The van der Waals surface area contributed by atoms with Crippen LogP contribution in [0.25, 0.3) is 10.8 Å². The lowest BCUT2D eigenvalue weighted by atomic mass is 9.93. The lowest BCUT2D eigenvalue weighted by Crippen LogP contribution is -2.45. The third-order valence-electron chi connectivity index (χ3n) is 4.86. The number of hydrogen-bond acceptors (Lipinski definition) is 3. The first-order valence-corrected chi connectivity index (χ1v) is 8.00. The maximum Gasteiger partial charge on any atom is 0.121 e. The van der Waals surface area contributed by atoms with Crippen LogP contribution in [0.1, 0.15) is 24.4 Å². The number of hydrogen-bond donors (Lipinski definition) is 2. The van der Waals surface area contributed by atoms with E-state index in [1.54, 1.807) is 0 Å². The highest BCUT2D eigenvalue weighted by Gasteiger charge is 2.38. The number of phenols is 1. The van der Waals surface area contributed by atoms with E-state index in [4.69, 9.17) is 0 Å². The van der Waals surface area contributed by atoms with E-state index in [1.807, 2.05) is 12.1 Å². The van der Waals surface area contributed by atoms with E-state index in [-0.39, 0.29) is 0 Å². The van der Waals surface area contributed by atoms with E-state index in [9.17, 15) is 5.11 Å². The molecule has 2 aliphatic rings. The van der Waals surface area contributed by atoms with Crippen LogP contribution in [0.15, 0.2) is 36.4 Å². The fraction of sp³-hybridized carbons (Fsp3) is 0.444. The monoisotopic (exact) mass is 282 g/mol. The Morgan fingerprint density at radius 1 is 1.05 bits per heavy atom. The number of nitrogens with one attached hydrogen (secondary N) is 1. The summed E-state index contributed by atoms with van der Waals surface area (Å²) in [5.41, 5.74) is 1.15. The summed E-state index contributed by atoms with van der Waals surface area (Å²) >= 11 is 0. The van der Waals surface area contributed by atoms with E-state index in [1.165, 1.54) is 23.6 Å². The first-order chi connectivity index (χ1) is 10.3. The Hall–Kier alpha value is -1.58. The van der Waals surface area contributed by atoms with Crippen LogP contribution in [-0.2, 0) is 0 Å². The maximum absolute atomic E-state index is 10.5. The van der Waals surface area contributed by atoms with Crippen LogP contribution in [0.4, 0.5) is 0 Å². The molecule has 1 saturated heterocycles. The highest BCUT2D eigenvalue weighted by atomic mass is 16.3. The SMILES string of the molecule is Oc1ccc2ccccc2c1[C@H](C1CC1)N1CCNCC1. The van der Waals surface area contributed by atoms with Gasteiger partial charge in [-0.15, -0.1) is 0 Å². The molecule has 3 heteroatoms. The highest BCUT2D eigenvalue weighted by Crippen LogP contribution is 2.48. The molecule has 1 heterocycles. The van der Waals surface area contributed by atoms with Crippen LogP contribution < -0.4 is 5.32 Å². The lowest BCUT2D eigenvalue weighted by Gasteiger charge is -2.36. The van der Waals surface area contributed by atoms with Crippen LogP contribution in [0.2, 0.25) is 0 Å². The van der Waals surface area contributed by atoms with Crippen molar-refractivity contribution in [2.75, 3.05) is 26.2 Å². The molecule has 110 valence electrons. The molecule has 21 heavy (non-hydrogen) atoms. The number of piperazine rings is 1. The van der Waals surface area contributed by atoms with E-state index in [0.717, 1.165) is 31.7 Å². The Bertz CT molecular complexity index is 645. The summed E-state index contributed by atoms with van der Waals surface area (Å²) in [6.07, 6.45) is 2.58. The molecular weight excluding hydrogens is 260 g/mol. The molecule has 0 aromatic heterocycles. The average molecular weight is 282 g/mol. The van der Waals surface area contributed by atoms with Gasteiger partial charge >= 0.3 is 0 Å². The fourth-order valence-corrected chi connectivity index (χ4v) is 3.68. The summed E-state index contributed by atoms with van der Waals surface area (Å²) in [4.78, 5) is 2.57.